The van der Waals surface area contributed by atoms with Crippen LogP contribution in [0.15, 0.2) is 41.8 Å². The Morgan fingerprint density at radius 3 is 2.70 bits per heavy atom. The number of ether oxygens (including phenoxy) is 1. The lowest BCUT2D eigenvalue weighted by atomic mass is 10.2. The highest BCUT2D eigenvalue weighted by atomic mass is 32.1. The molecule has 0 aliphatic heterocycles. The van der Waals surface area contributed by atoms with Crippen LogP contribution in [-0.4, -0.2) is 29.5 Å². The Bertz CT molecular complexity index is 484. The number of hydrogen-bond acceptors (Lipinski definition) is 5. The van der Waals surface area contributed by atoms with Crippen molar-refractivity contribution in [3.05, 3.63) is 52.2 Å². The van der Waals surface area contributed by atoms with E-state index >= 15 is 0 Å². The minimum atomic E-state index is -0.521. The number of hydrogen-bond donors (Lipinski definition) is 3. The van der Waals surface area contributed by atoms with E-state index < -0.39 is 6.10 Å². The van der Waals surface area contributed by atoms with E-state index in [1.807, 2.05) is 29.6 Å². The molecule has 0 bridgehead atoms. The van der Waals surface area contributed by atoms with Crippen molar-refractivity contribution in [2.24, 2.45) is 0 Å². The number of aliphatic hydroxyl groups excluding tert-OH is 1. The Labute approximate surface area is 122 Å². The van der Waals surface area contributed by atoms with Crippen molar-refractivity contribution in [3.63, 3.8) is 0 Å². The van der Waals surface area contributed by atoms with E-state index in [4.69, 9.17) is 9.84 Å². The first-order valence-electron chi connectivity index (χ1n) is 6.51. The smallest absolute Gasteiger partial charge is 0.115 e. The van der Waals surface area contributed by atoms with E-state index in [-0.39, 0.29) is 5.75 Å². The Hall–Kier alpha value is -1.40. The summed E-state index contributed by atoms with van der Waals surface area (Å²) in [5.41, 5.74) is 1.06. The average Bonchev–Trinajstić information content (AvgIpc) is 2.94. The largest absolute Gasteiger partial charge is 0.508 e. The Morgan fingerprint density at radius 1 is 1.20 bits per heavy atom. The van der Waals surface area contributed by atoms with Gasteiger partial charge in [-0.25, -0.2) is 0 Å². The molecule has 0 saturated carbocycles. The van der Waals surface area contributed by atoms with Gasteiger partial charge in [0.1, 0.15) is 5.75 Å². The van der Waals surface area contributed by atoms with Crippen molar-refractivity contribution in [2.45, 2.75) is 19.3 Å². The van der Waals surface area contributed by atoms with E-state index in [9.17, 15) is 5.11 Å². The number of aliphatic hydroxyl groups is 1. The van der Waals surface area contributed by atoms with Gasteiger partial charge in [0, 0.05) is 18.0 Å². The van der Waals surface area contributed by atoms with Crippen LogP contribution in [0.4, 0.5) is 0 Å². The molecule has 0 aliphatic carbocycles. The zero-order valence-corrected chi connectivity index (χ0v) is 12.0. The Balaban J connectivity index is 1.58. The number of benzene rings is 1. The van der Waals surface area contributed by atoms with Crippen LogP contribution in [-0.2, 0) is 17.9 Å². The fourth-order valence-electron chi connectivity index (χ4n) is 1.75. The maximum absolute atomic E-state index is 9.78. The maximum atomic E-state index is 9.78. The van der Waals surface area contributed by atoms with Crippen molar-refractivity contribution >= 4 is 11.3 Å². The van der Waals surface area contributed by atoms with E-state index in [0.29, 0.717) is 26.3 Å². The van der Waals surface area contributed by atoms with E-state index in [2.05, 4.69) is 5.32 Å². The summed E-state index contributed by atoms with van der Waals surface area (Å²) >= 11 is 1.65. The summed E-state index contributed by atoms with van der Waals surface area (Å²) in [5, 5.41) is 24.1. The minimum Gasteiger partial charge on any atom is -0.508 e. The van der Waals surface area contributed by atoms with Gasteiger partial charge in [-0.3, -0.25) is 0 Å². The predicted octanol–water partition coefficient (Wildman–Crippen LogP) is 2.12. The van der Waals surface area contributed by atoms with Gasteiger partial charge in [0.2, 0.25) is 0 Å². The normalized spacial score (nSPS) is 12.4. The van der Waals surface area contributed by atoms with Gasteiger partial charge >= 0.3 is 0 Å². The molecule has 108 valence electrons. The first-order valence-corrected chi connectivity index (χ1v) is 7.39. The van der Waals surface area contributed by atoms with Gasteiger partial charge in [0.25, 0.3) is 0 Å². The molecule has 1 unspecified atom stereocenters. The molecule has 5 heteroatoms. The molecule has 3 N–H and O–H groups in total. The number of aromatic hydroxyl groups is 1. The van der Waals surface area contributed by atoms with Crippen LogP contribution >= 0.6 is 11.3 Å². The first-order chi connectivity index (χ1) is 9.74. The second-order valence-electron chi connectivity index (χ2n) is 4.55. The zero-order valence-electron chi connectivity index (χ0n) is 11.2. The molecular formula is C15H19NO3S. The molecule has 4 nitrogen and oxygen atoms in total. The molecule has 0 fully saturated rings. The van der Waals surface area contributed by atoms with Crippen molar-refractivity contribution in [1.29, 1.82) is 0 Å². The molecule has 2 rings (SSSR count). The van der Waals surface area contributed by atoms with Crippen LogP contribution < -0.4 is 5.32 Å². The van der Waals surface area contributed by atoms with Gasteiger partial charge in [0.15, 0.2) is 0 Å². The van der Waals surface area contributed by atoms with Gasteiger partial charge in [0.05, 0.1) is 19.3 Å². The highest BCUT2D eigenvalue weighted by molar-refractivity contribution is 7.09. The summed E-state index contributed by atoms with van der Waals surface area (Å²) < 4.78 is 5.45. The van der Waals surface area contributed by atoms with Crippen LogP contribution in [0, 0.1) is 0 Å². The second kappa shape index (κ2) is 8.01. The molecule has 0 radical (unpaired) electrons. The van der Waals surface area contributed by atoms with Crippen LogP contribution in [0.5, 0.6) is 5.75 Å². The number of rotatable bonds is 8. The van der Waals surface area contributed by atoms with Crippen LogP contribution in [0.3, 0.4) is 0 Å². The third kappa shape index (κ3) is 5.30. The van der Waals surface area contributed by atoms with Crippen LogP contribution in [0.25, 0.3) is 0 Å². The maximum Gasteiger partial charge on any atom is 0.115 e. The standard InChI is InChI=1S/C15H19NO3S/c17-13-5-3-12(4-6-13)8-16-9-14(18)10-19-11-15-2-1-7-20-15/h1-7,14,16-18H,8-11H2. The van der Waals surface area contributed by atoms with Crippen molar-refractivity contribution in [2.75, 3.05) is 13.2 Å². The highest BCUT2D eigenvalue weighted by Gasteiger charge is 2.04. The number of phenolic OH excluding ortho intramolecular Hbond substituents is 1. The van der Waals surface area contributed by atoms with E-state index in [0.717, 1.165) is 10.4 Å². The van der Waals surface area contributed by atoms with Crippen LogP contribution in [0.1, 0.15) is 10.4 Å². The zero-order chi connectivity index (χ0) is 14.2. The molecular weight excluding hydrogens is 274 g/mol. The Morgan fingerprint density at radius 2 is 2.00 bits per heavy atom. The molecule has 2 aromatic rings. The summed E-state index contributed by atoms with van der Waals surface area (Å²) in [6, 6.07) is 11.0. The number of thiophene rings is 1. The van der Waals surface area contributed by atoms with Gasteiger partial charge in [-0.1, -0.05) is 18.2 Å². The summed E-state index contributed by atoms with van der Waals surface area (Å²) in [4.78, 5) is 1.16. The molecule has 0 saturated heterocycles. The molecule has 0 aliphatic rings. The third-order valence-electron chi connectivity index (χ3n) is 2.78. The summed E-state index contributed by atoms with van der Waals surface area (Å²) in [5.74, 6) is 0.260. The van der Waals surface area contributed by atoms with Crippen molar-refractivity contribution in [1.82, 2.24) is 5.32 Å². The monoisotopic (exact) mass is 293 g/mol. The van der Waals surface area contributed by atoms with Gasteiger partial charge < -0.3 is 20.3 Å². The molecule has 1 aromatic heterocycles. The van der Waals surface area contributed by atoms with Crippen molar-refractivity contribution in [3.8, 4) is 5.75 Å². The van der Waals surface area contributed by atoms with Gasteiger partial charge in [-0.15, -0.1) is 11.3 Å². The minimum absolute atomic E-state index is 0.260. The lowest BCUT2D eigenvalue weighted by Gasteiger charge is -2.12. The van der Waals surface area contributed by atoms with Crippen LogP contribution in [0.2, 0.25) is 0 Å². The molecule has 0 spiro atoms. The van der Waals surface area contributed by atoms with Gasteiger partial charge in [-0.05, 0) is 29.1 Å². The lowest BCUT2D eigenvalue weighted by molar-refractivity contribution is 0.0297. The molecule has 20 heavy (non-hydrogen) atoms. The quantitative estimate of drug-likeness (QED) is 0.698. The SMILES string of the molecule is Oc1ccc(CNCC(O)COCc2cccs2)cc1. The molecule has 1 aromatic carbocycles. The van der Waals surface area contributed by atoms with E-state index in [1.165, 1.54) is 0 Å². The van der Waals surface area contributed by atoms with Gasteiger partial charge in [-0.2, -0.15) is 0 Å². The number of phenols is 1. The average molecular weight is 293 g/mol. The molecule has 1 heterocycles. The van der Waals surface area contributed by atoms with E-state index in [1.54, 1.807) is 23.5 Å². The third-order valence-corrected chi connectivity index (χ3v) is 3.63. The van der Waals surface area contributed by atoms with Crippen molar-refractivity contribution < 1.29 is 14.9 Å². The summed E-state index contributed by atoms with van der Waals surface area (Å²) in [7, 11) is 0. The first kappa shape index (κ1) is 15.0. The summed E-state index contributed by atoms with van der Waals surface area (Å²) in [6.45, 7) is 2.00. The predicted molar refractivity (Wildman–Crippen MR) is 79.8 cm³/mol. The molecule has 1 atom stereocenters. The fourth-order valence-corrected chi connectivity index (χ4v) is 2.39. The highest BCUT2D eigenvalue weighted by Crippen LogP contribution is 2.10. The fraction of sp³-hybridized carbons (Fsp3) is 0.333. The second-order valence-corrected chi connectivity index (χ2v) is 5.58. The topological polar surface area (TPSA) is 61.7 Å². The molecule has 0 amide bonds. The lowest BCUT2D eigenvalue weighted by Crippen LogP contribution is -2.30. The Kier molecular flexibility index (Phi) is 6.01. The number of nitrogens with one attached hydrogen (secondary N) is 1. The summed E-state index contributed by atoms with van der Waals surface area (Å²) in [6.07, 6.45) is -0.521.